The van der Waals surface area contributed by atoms with E-state index in [2.05, 4.69) is 13.8 Å². The van der Waals surface area contributed by atoms with Crippen LogP contribution in [0.4, 0.5) is 4.39 Å². The minimum atomic E-state index is -0.367. The van der Waals surface area contributed by atoms with Crippen LogP contribution >= 0.6 is 0 Å². The van der Waals surface area contributed by atoms with Gasteiger partial charge in [0.05, 0.1) is 31.8 Å². The van der Waals surface area contributed by atoms with E-state index in [0.29, 0.717) is 19.6 Å². The quantitative estimate of drug-likeness (QED) is 0.244. The van der Waals surface area contributed by atoms with E-state index in [9.17, 15) is 9.18 Å². The molecule has 0 aliphatic carbocycles. The van der Waals surface area contributed by atoms with Crippen LogP contribution in [0.3, 0.4) is 0 Å². The molecule has 0 amide bonds. The molecule has 34 heavy (non-hydrogen) atoms. The van der Waals surface area contributed by atoms with Gasteiger partial charge in [0, 0.05) is 36.6 Å². The normalized spacial score (nSPS) is 13.0. The van der Waals surface area contributed by atoms with Crippen LogP contribution in [0.15, 0.2) is 42.5 Å². The maximum absolute atomic E-state index is 13.8. The van der Waals surface area contributed by atoms with Gasteiger partial charge in [0.25, 0.3) is 0 Å². The number of halogens is 1. The molecular weight excluding hydrogens is 433 g/mol. The molecule has 6 heteroatoms. The molecule has 0 aliphatic heterocycles. The minimum absolute atomic E-state index is 0.00211. The smallest absolute Gasteiger partial charge is 0.308 e. The predicted octanol–water partition coefficient (Wildman–Crippen LogP) is 6.32. The first-order chi connectivity index (χ1) is 16.4. The Kier molecular flexibility index (Phi) is 8.99. The fraction of sp³-hybridized carbons (Fsp3) is 0.429. The lowest BCUT2D eigenvalue weighted by Gasteiger charge is -2.23. The highest BCUT2D eigenvalue weighted by molar-refractivity contribution is 5.97. The van der Waals surface area contributed by atoms with E-state index in [4.69, 9.17) is 19.2 Å². The second kappa shape index (κ2) is 11.9. The number of nitrogens with zero attached hydrogens (tertiary/aromatic N) is 1. The number of pyridine rings is 1. The average Bonchev–Trinajstić information content (AvgIpc) is 2.83. The lowest BCUT2D eigenvalue weighted by Crippen LogP contribution is -2.18. The topological polar surface area (TPSA) is 57.7 Å². The standard InChI is InChI=1S/C28H34FNO4/c1-6-7-14-34-22-12-13-23-24(16-22)30-25(15-18(2)28(31)33-5)26(19(3)17-32-4)27(23)20-8-10-21(29)11-9-20/h8-13,16,18-19H,6-7,14-15,17H2,1-5H3/t18-,19?/m0/s1. The molecule has 1 unspecified atom stereocenters. The van der Waals surface area contributed by atoms with Crippen molar-refractivity contribution in [3.8, 4) is 16.9 Å². The summed E-state index contributed by atoms with van der Waals surface area (Å²) in [6.45, 7) is 7.16. The molecule has 2 aromatic carbocycles. The SMILES string of the molecule is CCCCOc1ccc2c(-c3ccc(F)cc3)c(C(C)COC)c(C[C@H](C)C(=O)OC)nc2c1. The third-order valence-corrected chi connectivity index (χ3v) is 5.99. The van der Waals surface area contributed by atoms with Gasteiger partial charge in [-0.15, -0.1) is 0 Å². The van der Waals surface area contributed by atoms with E-state index in [1.807, 2.05) is 25.1 Å². The van der Waals surface area contributed by atoms with Crippen molar-refractivity contribution >= 4 is 16.9 Å². The molecule has 0 spiro atoms. The van der Waals surface area contributed by atoms with Gasteiger partial charge >= 0.3 is 5.97 Å². The predicted molar refractivity (Wildman–Crippen MR) is 133 cm³/mol. The summed E-state index contributed by atoms with van der Waals surface area (Å²) >= 11 is 0. The van der Waals surface area contributed by atoms with E-state index in [1.165, 1.54) is 19.2 Å². The Labute approximate surface area is 201 Å². The molecule has 5 nitrogen and oxygen atoms in total. The lowest BCUT2D eigenvalue weighted by molar-refractivity contribution is -0.144. The van der Waals surface area contributed by atoms with Gasteiger partial charge in [-0.2, -0.15) is 0 Å². The summed E-state index contributed by atoms with van der Waals surface area (Å²) in [6.07, 6.45) is 2.44. The van der Waals surface area contributed by atoms with Crippen LogP contribution in [-0.2, 0) is 20.7 Å². The minimum Gasteiger partial charge on any atom is -0.494 e. The molecule has 0 N–H and O–H groups in total. The number of fused-ring (bicyclic) bond motifs is 1. The maximum atomic E-state index is 13.8. The fourth-order valence-corrected chi connectivity index (χ4v) is 4.26. The first-order valence-electron chi connectivity index (χ1n) is 11.8. The third kappa shape index (κ3) is 5.92. The molecule has 3 rings (SSSR count). The molecule has 1 heterocycles. The van der Waals surface area contributed by atoms with Gasteiger partial charge in [-0.1, -0.05) is 39.3 Å². The summed E-state index contributed by atoms with van der Waals surface area (Å²) in [5.74, 6) is -0.189. The van der Waals surface area contributed by atoms with Gasteiger partial charge < -0.3 is 14.2 Å². The van der Waals surface area contributed by atoms with Gasteiger partial charge in [0.15, 0.2) is 0 Å². The van der Waals surface area contributed by atoms with E-state index in [-0.39, 0.29) is 23.6 Å². The first-order valence-corrected chi connectivity index (χ1v) is 11.8. The molecule has 3 aromatic rings. The van der Waals surface area contributed by atoms with Crippen LogP contribution in [-0.4, -0.2) is 38.4 Å². The number of carbonyl (C=O) groups is 1. The zero-order valence-electron chi connectivity index (χ0n) is 20.7. The summed E-state index contributed by atoms with van der Waals surface area (Å²) in [5, 5.41) is 0.946. The zero-order valence-corrected chi connectivity index (χ0v) is 20.7. The summed E-state index contributed by atoms with van der Waals surface area (Å²) < 4.78 is 30.2. The summed E-state index contributed by atoms with van der Waals surface area (Å²) in [4.78, 5) is 17.3. The summed E-state index contributed by atoms with van der Waals surface area (Å²) in [5.41, 5.74) is 4.44. The van der Waals surface area contributed by atoms with Crippen LogP contribution < -0.4 is 4.74 Å². The molecule has 0 saturated carbocycles. The molecule has 0 fully saturated rings. The van der Waals surface area contributed by atoms with E-state index in [0.717, 1.165) is 51.9 Å². The fourth-order valence-electron chi connectivity index (χ4n) is 4.26. The Bertz CT molecular complexity index is 1110. The first kappa shape index (κ1) is 25.6. The second-order valence-corrected chi connectivity index (χ2v) is 8.72. The number of methoxy groups -OCH3 is 2. The van der Waals surface area contributed by atoms with Gasteiger partial charge in [-0.25, -0.2) is 4.39 Å². The number of aromatic nitrogens is 1. The van der Waals surface area contributed by atoms with Crippen molar-refractivity contribution in [2.75, 3.05) is 27.4 Å². The Balaban J connectivity index is 2.26. The Morgan fingerprint density at radius 3 is 2.47 bits per heavy atom. The number of hydrogen-bond donors (Lipinski definition) is 0. The van der Waals surface area contributed by atoms with Crippen molar-refractivity contribution in [3.63, 3.8) is 0 Å². The Hall–Kier alpha value is -2.99. The van der Waals surface area contributed by atoms with Crippen LogP contribution in [0, 0.1) is 11.7 Å². The highest BCUT2D eigenvalue weighted by Crippen LogP contribution is 2.39. The highest BCUT2D eigenvalue weighted by Gasteiger charge is 2.25. The van der Waals surface area contributed by atoms with E-state index < -0.39 is 0 Å². The van der Waals surface area contributed by atoms with Crippen LogP contribution in [0.25, 0.3) is 22.0 Å². The lowest BCUT2D eigenvalue weighted by atomic mass is 9.85. The van der Waals surface area contributed by atoms with Gasteiger partial charge in [0.1, 0.15) is 11.6 Å². The Morgan fingerprint density at radius 2 is 1.82 bits per heavy atom. The van der Waals surface area contributed by atoms with Crippen molar-refractivity contribution in [1.29, 1.82) is 0 Å². The van der Waals surface area contributed by atoms with Gasteiger partial charge in [-0.3, -0.25) is 9.78 Å². The van der Waals surface area contributed by atoms with E-state index >= 15 is 0 Å². The molecule has 0 aliphatic rings. The maximum Gasteiger partial charge on any atom is 0.308 e. The highest BCUT2D eigenvalue weighted by atomic mass is 19.1. The molecule has 2 atom stereocenters. The molecular formula is C28H34FNO4. The summed E-state index contributed by atoms with van der Waals surface area (Å²) in [6, 6.07) is 12.4. The molecule has 0 radical (unpaired) electrons. The number of rotatable bonds is 11. The number of ether oxygens (including phenoxy) is 3. The van der Waals surface area contributed by atoms with Crippen LogP contribution in [0.1, 0.15) is 50.8 Å². The van der Waals surface area contributed by atoms with Gasteiger partial charge in [0.2, 0.25) is 0 Å². The number of benzene rings is 2. The monoisotopic (exact) mass is 467 g/mol. The number of carbonyl (C=O) groups excluding carboxylic acids is 1. The second-order valence-electron chi connectivity index (χ2n) is 8.72. The van der Waals surface area contributed by atoms with E-state index in [1.54, 1.807) is 19.2 Å². The number of unbranched alkanes of at least 4 members (excludes halogenated alkanes) is 1. The van der Waals surface area contributed by atoms with Crippen molar-refractivity contribution in [1.82, 2.24) is 4.98 Å². The average molecular weight is 468 g/mol. The number of hydrogen-bond acceptors (Lipinski definition) is 5. The number of esters is 1. The molecule has 182 valence electrons. The van der Waals surface area contributed by atoms with Crippen LogP contribution in [0.2, 0.25) is 0 Å². The van der Waals surface area contributed by atoms with Gasteiger partial charge in [-0.05, 0) is 47.4 Å². The molecule has 0 bridgehead atoms. The van der Waals surface area contributed by atoms with Crippen molar-refractivity contribution in [3.05, 3.63) is 59.5 Å². The Morgan fingerprint density at radius 1 is 1.09 bits per heavy atom. The molecule has 1 aromatic heterocycles. The van der Waals surface area contributed by atoms with Crippen molar-refractivity contribution < 1.29 is 23.4 Å². The summed E-state index contributed by atoms with van der Waals surface area (Å²) in [7, 11) is 3.06. The van der Waals surface area contributed by atoms with Crippen LogP contribution in [0.5, 0.6) is 5.75 Å². The largest absolute Gasteiger partial charge is 0.494 e. The van der Waals surface area contributed by atoms with Crippen molar-refractivity contribution in [2.24, 2.45) is 5.92 Å². The molecule has 0 saturated heterocycles. The third-order valence-electron chi connectivity index (χ3n) is 5.99. The van der Waals surface area contributed by atoms with Crippen molar-refractivity contribution in [2.45, 2.75) is 46.0 Å². The zero-order chi connectivity index (χ0) is 24.7.